The smallest absolute Gasteiger partial charge is 0.130 e. The van der Waals surface area contributed by atoms with Gasteiger partial charge in [-0.15, -0.1) is 0 Å². The molecule has 0 aliphatic heterocycles. The Bertz CT molecular complexity index is 900. The van der Waals surface area contributed by atoms with Crippen LogP contribution in [0.3, 0.4) is 0 Å². The summed E-state index contributed by atoms with van der Waals surface area (Å²) in [5, 5.41) is 0. The van der Waals surface area contributed by atoms with Crippen LogP contribution in [0.2, 0.25) is 0 Å². The molecule has 0 saturated heterocycles. The molecule has 0 unspecified atom stereocenters. The molecule has 0 aliphatic rings. The lowest BCUT2D eigenvalue weighted by atomic mass is 9.94. The summed E-state index contributed by atoms with van der Waals surface area (Å²) in [5.41, 5.74) is 7.79. The predicted molar refractivity (Wildman–Crippen MR) is 140 cm³/mol. The second-order valence-electron chi connectivity index (χ2n) is 8.05. The summed E-state index contributed by atoms with van der Waals surface area (Å²) in [5.74, 6) is 0. The van der Waals surface area contributed by atoms with Gasteiger partial charge < -0.3 is 0 Å². The number of allylic oxidation sites excluding steroid dienone is 6. The number of benzene rings is 2. The maximum absolute atomic E-state index is 13.6. The fraction of sp³-hybridized carbons (Fsp3) is 0.333. The van der Waals surface area contributed by atoms with E-state index in [0.717, 1.165) is 22.3 Å². The van der Waals surface area contributed by atoms with Crippen LogP contribution < -0.4 is 0 Å². The Hall–Kier alpha value is -2.67. The van der Waals surface area contributed by atoms with Crippen molar-refractivity contribution in [3.05, 3.63) is 107 Å². The van der Waals surface area contributed by atoms with E-state index in [1.807, 2.05) is 58.9 Å². The van der Waals surface area contributed by atoms with E-state index in [1.54, 1.807) is 19.9 Å². The van der Waals surface area contributed by atoms with Crippen LogP contribution in [0.15, 0.2) is 79.4 Å². The molecule has 0 aliphatic carbocycles. The number of hydrogen-bond acceptors (Lipinski definition) is 0. The van der Waals surface area contributed by atoms with Gasteiger partial charge in [0.05, 0.1) is 0 Å². The molecule has 31 heavy (non-hydrogen) atoms. The number of halogens is 1. The highest BCUT2D eigenvalue weighted by molar-refractivity contribution is 5.71. The van der Waals surface area contributed by atoms with E-state index in [0.29, 0.717) is 0 Å². The van der Waals surface area contributed by atoms with E-state index in [2.05, 4.69) is 57.3 Å². The van der Waals surface area contributed by atoms with Crippen molar-refractivity contribution in [1.82, 2.24) is 0 Å². The summed E-state index contributed by atoms with van der Waals surface area (Å²) in [4.78, 5) is 0. The fourth-order valence-corrected chi connectivity index (χ4v) is 2.95. The van der Waals surface area contributed by atoms with Crippen LogP contribution in [0.5, 0.6) is 0 Å². The lowest BCUT2D eigenvalue weighted by molar-refractivity contribution is 0.220. The number of alkyl halides is 1. The van der Waals surface area contributed by atoms with Gasteiger partial charge in [0.25, 0.3) is 0 Å². The summed E-state index contributed by atoms with van der Waals surface area (Å²) in [6, 6.07) is 14.4. The van der Waals surface area contributed by atoms with Crippen LogP contribution in [-0.4, -0.2) is 0 Å². The van der Waals surface area contributed by atoms with Gasteiger partial charge in [0.2, 0.25) is 0 Å². The second kappa shape index (κ2) is 13.6. The van der Waals surface area contributed by atoms with Crippen molar-refractivity contribution in [3.8, 4) is 0 Å². The molecule has 2 aromatic rings. The Balaban J connectivity index is 0.000000564. The molecular formula is C30H41F. The van der Waals surface area contributed by atoms with Crippen molar-refractivity contribution in [2.45, 2.75) is 68.0 Å². The summed E-state index contributed by atoms with van der Waals surface area (Å²) in [6.07, 6.45) is 5.83. The summed E-state index contributed by atoms with van der Waals surface area (Å²) in [7, 11) is 0. The van der Waals surface area contributed by atoms with Gasteiger partial charge in [-0.3, -0.25) is 0 Å². The maximum atomic E-state index is 13.6. The Morgan fingerprint density at radius 3 is 1.84 bits per heavy atom. The van der Waals surface area contributed by atoms with Gasteiger partial charge in [0.15, 0.2) is 0 Å². The molecule has 2 aromatic carbocycles. The van der Waals surface area contributed by atoms with Gasteiger partial charge in [-0.1, -0.05) is 98.8 Å². The zero-order valence-corrected chi connectivity index (χ0v) is 21.1. The molecule has 0 fully saturated rings. The van der Waals surface area contributed by atoms with E-state index >= 15 is 0 Å². The minimum absolute atomic E-state index is 0.794. The molecule has 2 rings (SSSR count). The molecule has 0 bridgehead atoms. The SMILES string of the molecule is C=C/C=C\C(C)=C(/C)c1ccc(C(=C)C)cc1.CC.Cc1ccc(C)c(C(C)(C)F)c1. The van der Waals surface area contributed by atoms with Crippen molar-refractivity contribution in [2.75, 3.05) is 0 Å². The summed E-state index contributed by atoms with van der Waals surface area (Å²) >= 11 is 0. The van der Waals surface area contributed by atoms with E-state index in [4.69, 9.17) is 0 Å². The molecule has 0 amide bonds. The van der Waals surface area contributed by atoms with Crippen molar-refractivity contribution < 1.29 is 4.39 Å². The first kappa shape index (κ1) is 28.3. The third kappa shape index (κ3) is 9.79. The van der Waals surface area contributed by atoms with Crippen LogP contribution in [0, 0.1) is 13.8 Å². The number of rotatable bonds is 5. The molecule has 0 N–H and O–H groups in total. The highest BCUT2D eigenvalue weighted by Crippen LogP contribution is 2.28. The number of aryl methyl sites for hydroxylation is 2. The highest BCUT2D eigenvalue weighted by atomic mass is 19.1. The Labute approximate surface area is 190 Å². The fourth-order valence-electron chi connectivity index (χ4n) is 2.95. The van der Waals surface area contributed by atoms with Gasteiger partial charge in [-0.2, -0.15) is 0 Å². The van der Waals surface area contributed by atoms with Crippen molar-refractivity contribution >= 4 is 11.1 Å². The zero-order valence-electron chi connectivity index (χ0n) is 21.1. The van der Waals surface area contributed by atoms with Gasteiger partial charge in [0, 0.05) is 0 Å². The molecule has 168 valence electrons. The van der Waals surface area contributed by atoms with E-state index < -0.39 is 5.67 Å². The lowest BCUT2D eigenvalue weighted by Gasteiger charge is -2.17. The lowest BCUT2D eigenvalue weighted by Crippen LogP contribution is -2.11. The van der Waals surface area contributed by atoms with Crippen LogP contribution in [0.25, 0.3) is 11.1 Å². The van der Waals surface area contributed by atoms with Crippen LogP contribution in [0.4, 0.5) is 4.39 Å². The van der Waals surface area contributed by atoms with Gasteiger partial charge in [0.1, 0.15) is 5.67 Å². The monoisotopic (exact) mass is 420 g/mol. The van der Waals surface area contributed by atoms with Gasteiger partial charge in [-0.05, 0) is 81.9 Å². The first-order chi connectivity index (χ1) is 14.5. The molecule has 0 aromatic heterocycles. The average molecular weight is 421 g/mol. The Kier molecular flexibility index (Phi) is 12.4. The van der Waals surface area contributed by atoms with Crippen molar-refractivity contribution in [1.29, 1.82) is 0 Å². The number of hydrogen-bond donors (Lipinski definition) is 0. The highest BCUT2D eigenvalue weighted by Gasteiger charge is 2.20. The molecule has 0 spiro atoms. The van der Waals surface area contributed by atoms with Crippen molar-refractivity contribution in [3.63, 3.8) is 0 Å². The Morgan fingerprint density at radius 1 is 0.903 bits per heavy atom. The molecule has 0 atom stereocenters. The average Bonchev–Trinajstić information content (AvgIpc) is 2.74. The minimum atomic E-state index is -1.23. The molecule has 0 heterocycles. The first-order valence-electron chi connectivity index (χ1n) is 11.0. The standard InChI is InChI=1S/C17H20.C11H15F.C2H6/c1-6-7-8-14(4)15(5)17-11-9-16(10-12-17)13(2)3;1-8-5-6-9(2)10(7-8)11(3,4)12;1-2/h6-12H,1-2H2,3-5H3;5-7H,1-4H3;1-2H3/b8-7-,15-14+;;. The van der Waals surface area contributed by atoms with Crippen LogP contribution >= 0.6 is 0 Å². The molecule has 1 heteroatoms. The van der Waals surface area contributed by atoms with Gasteiger partial charge >= 0.3 is 0 Å². The van der Waals surface area contributed by atoms with E-state index in [1.165, 1.54) is 22.3 Å². The first-order valence-corrected chi connectivity index (χ1v) is 11.0. The topological polar surface area (TPSA) is 0 Å². The predicted octanol–water partition coefficient (Wildman–Crippen LogP) is 9.79. The quantitative estimate of drug-likeness (QED) is 0.422. The zero-order chi connectivity index (χ0) is 24.2. The van der Waals surface area contributed by atoms with Crippen LogP contribution in [-0.2, 0) is 5.67 Å². The largest absolute Gasteiger partial charge is 0.239 e. The van der Waals surface area contributed by atoms with E-state index in [9.17, 15) is 4.39 Å². The third-order valence-corrected chi connectivity index (χ3v) is 4.92. The molecule has 0 saturated carbocycles. The Morgan fingerprint density at radius 2 is 1.42 bits per heavy atom. The second-order valence-corrected chi connectivity index (χ2v) is 8.05. The maximum Gasteiger partial charge on any atom is 0.130 e. The molecule has 0 radical (unpaired) electrons. The van der Waals surface area contributed by atoms with E-state index in [-0.39, 0.29) is 0 Å². The van der Waals surface area contributed by atoms with Crippen LogP contribution in [0.1, 0.15) is 76.3 Å². The third-order valence-electron chi connectivity index (χ3n) is 4.92. The normalized spacial score (nSPS) is 11.5. The van der Waals surface area contributed by atoms with Gasteiger partial charge in [-0.25, -0.2) is 4.39 Å². The minimum Gasteiger partial charge on any atom is -0.239 e. The summed E-state index contributed by atoms with van der Waals surface area (Å²) < 4.78 is 13.6. The molecular weight excluding hydrogens is 379 g/mol. The summed E-state index contributed by atoms with van der Waals surface area (Å²) in [6.45, 7) is 25.0. The molecule has 0 nitrogen and oxygen atoms in total. The van der Waals surface area contributed by atoms with Crippen molar-refractivity contribution in [2.24, 2.45) is 0 Å².